The number of halogens is 3. The molecule has 0 radical (unpaired) electrons. The highest BCUT2D eigenvalue weighted by molar-refractivity contribution is 6.11. The number of benzene rings is 8. The molecule has 0 bridgehead atoms. The van der Waals surface area contributed by atoms with Gasteiger partial charge in [0.2, 0.25) is 0 Å². The van der Waals surface area contributed by atoms with Crippen LogP contribution in [0.5, 0.6) is 0 Å². The van der Waals surface area contributed by atoms with Gasteiger partial charge in [-0.2, -0.15) is 13.2 Å². The summed E-state index contributed by atoms with van der Waals surface area (Å²) < 4.78 is 49.4. The Morgan fingerprint density at radius 3 is 1.34 bits per heavy atom. The highest BCUT2D eigenvalue weighted by Gasteiger charge is 2.35. The molecular formula is C59H40F3N5. The number of hydrogen-bond acceptors (Lipinski definition) is 4. The average Bonchev–Trinajstić information content (AvgIpc) is 3.69. The summed E-state index contributed by atoms with van der Waals surface area (Å²) in [6.45, 7) is 4.17. The number of para-hydroxylation sites is 1. The topological polar surface area (TPSA) is 56.5 Å². The Hall–Kier alpha value is -8.49. The molecule has 0 spiro atoms. The predicted octanol–water partition coefficient (Wildman–Crippen LogP) is 15.7. The summed E-state index contributed by atoms with van der Waals surface area (Å²) in [5.41, 5.74) is 10.8. The van der Waals surface area contributed by atoms with Crippen molar-refractivity contribution in [3.63, 3.8) is 0 Å². The lowest BCUT2D eigenvalue weighted by atomic mass is 9.95. The molecule has 11 aromatic rings. The molecule has 0 aliphatic rings. The molecule has 8 heteroatoms. The van der Waals surface area contributed by atoms with Gasteiger partial charge in [0.05, 0.1) is 45.1 Å². The summed E-state index contributed by atoms with van der Waals surface area (Å²) in [5, 5.41) is 1.88. The van der Waals surface area contributed by atoms with Crippen LogP contribution in [0.2, 0.25) is 0 Å². The van der Waals surface area contributed by atoms with E-state index in [1.165, 1.54) is 12.1 Å². The van der Waals surface area contributed by atoms with Crippen molar-refractivity contribution in [3.05, 3.63) is 223 Å². The fourth-order valence-corrected chi connectivity index (χ4v) is 9.06. The highest BCUT2D eigenvalue weighted by atomic mass is 19.4. The lowest BCUT2D eigenvalue weighted by molar-refractivity contribution is -0.137. The molecule has 0 unspecified atom stereocenters. The molecule has 3 aromatic heterocycles. The van der Waals surface area contributed by atoms with E-state index in [0.29, 0.717) is 40.1 Å². The molecule has 0 atom stereocenters. The summed E-state index contributed by atoms with van der Waals surface area (Å²) >= 11 is 0. The fraction of sp³-hybridized carbons (Fsp3) is 0.0508. The Bertz CT molecular complexity index is 3360. The number of aromatic nitrogens is 5. The van der Waals surface area contributed by atoms with Gasteiger partial charge >= 0.3 is 6.18 Å². The Kier molecular flexibility index (Phi) is 10.3. The molecular weight excluding hydrogens is 836 g/mol. The molecule has 322 valence electrons. The van der Waals surface area contributed by atoms with E-state index in [-0.39, 0.29) is 11.1 Å². The van der Waals surface area contributed by atoms with Crippen molar-refractivity contribution < 1.29 is 13.2 Å². The molecule has 0 aliphatic carbocycles. The molecule has 5 nitrogen and oxygen atoms in total. The summed E-state index contributed by atoms with van der Waals surface area (Å²) in [5.74, 6) is 0.752. The molecule has 67 heavy (non-hydrogen) atoms. The average molecular weight is 876 g/mol. The van der Waals surface area contributed by atoms with Gasteiger partial charge in [-0.3, -0.25) is 0 Å². The van der Waals surface area contributed by atoms with E-state index < -0.39 is 11.7 Å². The zero-order valence-corrected chi connectivity index (χ0v) is 36.5. The van der Waals surface area contributed by atoms with Crippen LogP contribution in [0.3, 0.4) is 0 Å². The van der Waals surface area contributed by atoms with Crippen molar-refractivity contribution in [1.82, 2.24) is 24.5 Å². The van der Waals surface area contributed by atoms with Gasteiger partial charge in [0, 0.05) is 44.2 Å². The molecule has 0 saturated carbocycles. The maximum Gasteiger partial charge on any atom is 0.416 e. The minimum absolute atomic E-state index is 0.252. The molecule has 8 aromatic carbocycles. The van der Waals surface area contributed by atoms with Gasteiger partial charge in [-0.25, -0.2) is 19.9 Å². The van der Waals surface area contributed by atoms with Crippen LogP contribution >= 0.6 is 0 Å². The van der Waals surface area contributed by atoms with E-state index >= 15 is 13.2 Å². The van der Waals surface area contributed by atoms with Crippen molar-refractivity contribution in [3.8, 4) is 84.6 Å². The smallest absolute Gasteiger partial charge is 0.308 e. The van der Waals surface area contributed by atoms with Crippen LogP contribution in [0.25, 0.3) is 106 Å². The van der Waals surface area contributed by atoms with Gasteiger partial charge in [-0.15, -0.1) is 0 Å². The quantitative estimate of drug-likeness (QED) is 0.153. The summed E-state index contributed by atoms with van der Waals surface area (Å²) in [6.07, 6.45) is -4.76. The SMILES string of the molecule is Cc1ccc(-c2ccc3c4ccccc4n(-c4c(-c5cc(-c6ccccc6)nc(-c6ccccc6)n5)cc(C(F)(F)F)cc4-c4cc(-c5ccccc5)nc(-c5ccccc5)n4)c3c2)c(C)c1. The number of aryl methyl sites for hydroxylation is 2. The number of rotatable bonds is 8. The summed E-state index contributed by atoms with van der Waals surface area (Å²) in [6, 6.07) is 65.2. The maximum absolute atomic E-state index is 15.8. The first-order valence-electron chi connectivity index (χ1n) is 22.0. The fourth-order valence-electron chi connectivity index (χ4n) is 9.06. The van der Waals surface area contributed by atoms with Crippen LogP contribution in [-0.2, 0) is 6.18 Å². The van der Waals surface area contributed by atoms with Crippen LogP contribution < -0.4 is 0 Å². The summed E-state index contributed by atoms with van der Waals surface area (Å²) in [7, 11) is 0. The van der Waals surface area contributed by atoms with E-state index in [4.69, 9.17) is 19.9 Å². The lowest BCUT2D eigenvalue weighted by Gasteiger charge is -2.22. The molecule has 0 fully saturated rings. The zero-order valence-electron chi connectivity index (χ0n) is 36.5. The first-order chi connectivity index (χ1) is 32.7. The number of nitrogens with zero attached hydrogens (tertiary/aromatic N) is 5. The van der Waals surface area contributed by atoms with Crippen LogP contribution in [0, 0.1) is 13.8 Å². The minimum atomic E-state index is -4.76. The van der Waals surface area contributed by atoms with Gasteiger partial charge in [-0.05, 0) is 66.9 Å². The molecule has 3 heterocycles. The van der Waals surface area contributed by atoms with Crippen LogP contribution in [0.1, 0.15) is 16.7 Å². The second-order valence-electron chi connectivity index (χ2n) is 16.7. The lowest BCUT2D eigenvalue weighted by Crippen LogP contribution is -2.10. The van der Waals surface area contributed by atoms with Crippen LogP contribution in [-0.4, -0.2) is 24.5 Å². The molecule has 0 saturated heterocycles. The molecule has 0 amide bonds. The third kappa shape index (κ3) is 7.82. The first-order valence-corrected chi connectivity index (χ1v) is 22.0. The van der Waals surface area contributed by atoms with Crippen LogP contribution in [0.15, 0.2) is 206 Å². The van der Waals surface area contributed by atoms with E-state index in [2.05, 4.69) is 60.9 Å². The van der Waals surface area contributed by atoms with Gasteiger partial charge < -0.3 is 4.57 Å². The van der Waals surface area contributed by atoms with Crippen molar-refractivity contribution in [2.24, 2.45) is 0 Å². The van der Waals surface area contributed by atoms with Crippen molar-refractivity contribution in [1.29, 1.82) is 0 Å². The number of alkyl halides is 3. The Balaban J connectivity index is 1.32. The highest BCUT2D eigenvalue weighted by Crippen LogP contribution is 2.46. The largest absolute Gasteiger partial charge is 0.416 e. The van der Waals surface area contributed by atoms with E-state index in [9.17, 15) is 0 Å². The predicted molar refractivity (Wildman–Crippen MR) is 264 cm³/mol. The van der Waals surface area contributed by atoms with Gasteiger partial charge in [0.15, 0.2) is 11.6 Å². The Morgan fingerprint density at radius 1 is 0.373 bits per heavy atom. The van der Waals surface area contributed by atoms with Gasteiger partial charge in [-0.1, -0.05) is 175 Å². The number of hydrogen-bond donors (Lipinski definition) is 0. The summed E-state index contributed by atoms with van der Waals surface area (Å²) in [4.78, 5) is 20.4. The standard InChI is InChI=1S/C59H40F3N5/c1-37-27-29-45(38(2)31-37)43-28-30-47-46-25-15-16-26-54(46)67(55(47)32-43)56-48(52-35-50(39-17-7-3-8-18-39)63-57(65-52)41-21-11-5-12-22-41)33-44(59(60,61)62)34-49(56)53-36-51(40-19-9-4-10-20-40)64-58(66-53)42-23-13-6-14-24-42/h3-36H,1-2H3. The third-order valence-electron chi connectivity index (χ3n) is 12.2. The second kappa shape index (κ2) is 16.8. The second-order valence-corrected chi connectivity index (χ2v) is 16.7. The van der Waals surface area contributed by atoms with Crippen molar-refractivity contribution in [2.45, 2.75) is 20.0 Å². The Labute approximate surface area is 385 Å². The molecule has 11 rings (SSSR count). The van der Waals surface area contributed by atoms with E-state index in [0.717, 1.165) is 66.3 Å². The van der Waals surface area contributed by atoms with Gasteiger partial charge in [0.1, 0.15) is 0 Å². The minimum Gasteiger partial charge on any atom is -0.308 e. The Morgan fingerprint density at radius 2 is 0.836 bits per heavy atom. The van der Waals surface area contributed by atoms with Gasteiger partial charge in [0.25, 0.3) is 0 Å². The third-order valence-corrected chi connectivity index (χ3v) is 12.2. The maximum atomic E-state index is 15.8. The van der Waals surface area contributed by atoms with E-state index in [1.54, 1.807) is 12.1 Å². The van der Waals surface area contributed by atoms with Crippen molar-refractivity contribution >= 4 is 21.8 Å². The molecule has 0 N–H and O–H groups in total. The van der Waals surface area contributed by atoms with Crippen LogP contribution in [0.4, 0.5) is 13.2 Å². The zero-order chi connectivity index (χ0) is 45.6. The van der Waals surface area contributed by atoms with E-state index in [1.807, 2.05) is 140 Å². The molecule has 0 aliphatic heterocycles. The monoisotopic (exact) mass is 875 g/mol. The normalized spacial score (nSPS) is 11.7. The first kappa shape index (κ1) is 41.2. The van der Waals surface area contributed by atoms with Crippen molar-refractivity contribution in [2.75, 3.05) is 0 Å². The number of fused-ring (bicyclic) bond motifs is 3.